The Kier molecular flexibility index (Phi) is 8.79. The first kappa shape index (κ1) is 29.2. The van der Waals surface area contributed by atoms with E-state index >= 15 is 4.39 Å². The van der Waals surface area contributed by atoms with E-state index in [1.807, 2.05) is 4.90 Å². The Bertz CT molecular complexity index is 1440. The van der Waals surface area contributed by atoms with Gasteiger partial charge in [0.1, 0.15) is 35.5 Å². The standard InChI is InChI=1S/C31H36FN7O3/c1-4-28(40)39-16-15-38(18-21(39)10-12-33)29-23-11-14-37(30-25(32)8-5-9-27(30)41-3)19-26(23)35-31(24(29)17-34)42-20-22-7-6-13-36(22)2/h4-5,8-9,21-22H,1,6-7,10-11,13-16,18-20H2,2-3H3. The quantitative estimate of drug-likeness (QED) is 0.440. The third kappa shape index (κ3) is 5.57. The van der Waals surface area contributed by atoms with E-state index in [4.69, 9.17) is 14.5 Å². The monoisotopic (exact) mass is 573 g/mol. The normalized spacial score (nSPS) is 20.5. The number of fused-ring (bicyclic) bond motifs is 1. The van der Waals surface area contributed by atoms with Crippen molar-refractivity contribution in [2.24, 2.45) is 0 Å². The average Bonchev–Trinajstić information content (AvgIpc) is 3.42. The summed E-state index contributed by atoms with van der Waals surface area (Å²) in [5.74, 6) is 0.104. The molecule has 1 aromatic carbocycles. The minimum atomic E-state index is -0.380. The van der Waals surface area contributed by atoms with Gasteiger partial charge in [-0.1, -0.05) is 12.6 Å². The number of aromatic nitrogens is 1. The first-order valence-corrected chi connectivity index (χ1v) is 14.3. The Morgan fingerprint density at radius 1 is 1.19 bits per heavy atom. The lowest BCUT2D eigenvalue weighted by molar-refractivity contribution is -0.128. The van der Waals surface area contributed by atoms with Crippen LogP contribution in [0.3, 0.4) is 0 Å². The highest BCUT2D eigenvalue weighted by Gasteiger charge is 2.35. The van der Waals surface area contributed by atoms with E-state index < -0.39 is 0 Å². The van der Waals surface area contributed by atoms with Crippen LogP contribution < -0.4 is 19.3 Å². The van der Waals surface area contributed by atoms with Crippen molar-refractivity contribution in [1.29, 1.82) is 10.5 Å². The van der Waals surface area contributed by atoms with Crippen LogP contribution in [0.2, 0.25) is 0 Å². The molecule has 2 aromatic rings. The highest BCUT2D eigenvalue weighted by molar-refractivity contribution is 5.87. The predicted molar refractivity (Wildman–Crippen MR) is 156 cm³/mol. The molecule has 1 amide bonds. The number of likely N-dealkylation sites (N-methyl/N-ethyl adjacent to an activating group) is 1. The maximum absolute atomic E-state index is 15.1. The number of rotatable bonds is 8. The van der Waals surface area contributed by atoms with Crippen molar-refractivity contribution in [1.82, 2.24) is 14.8 Å². The summed E-state index contributed by atoms with van der Waals surface area (Å²) in [6, 6.07) is 9.20. The molecule has 2 unspecified atom stereocenters. The molecular weight excluding hydrogens is 537 g/mol. The van der Waals surface area contributed by atoms with Gasteiger partial charge in [-0.25, -0.2) is 9.37 Å². The van der Waals surface area contributed by atoms with Gasteiger partial charge >= 0.3 is 0 Å². The minimum Gasteiger partial charge on any atom is -0.494 e. The summed E-state index contributed by atoms with van der Waals surface area (Å²) in [4.78, 5) is 25.3. The maximum Gasteiger partial charge on any atom is 0.246 e. The first-order valence-electron chi connectivity index (χ1n) is 14.3. The lowest BCUT2D eigenvalue weighted by Crippen LogP contribution is -2.55. The number of halogens is 1. The van der Waals surface area contributed by atoms with Gasteiger partial charge < -0.3 is 29.1 Å². The highest BCUT2D eigenvalue weighted by atomic mass is 19.1. The molecule has 0 N–H and O–H groups in total. The second-order valence-electron chi connectivity index (χ2n) is 10.9. The Balaban J connectivity index is 1.55. The summed E-state index contributed by atoms with van der Waals surface area (Å²) < 4.78 is 26.8. The number of methoxy groups -OCH3 is 1. The number of benzene rings is 1. The molecule has 11 heteroatoms. The summed E-state index contributed by atoms with van der Waals surface area (Å²) >= 11 is 0. The Morgan fingerprint density at radius 3 is 2.71 bits per heavy atom. The number of carbonyl (C=O) groups is 1. The van der Waals surface area contributed by atoms with Crippen LogP contribution in [0.25, 0.3) is 0 Å². The topological polar surface area (TPSA) is 109 Å². The number of hydrogen-bond donors (Lipinski definition) is 0. The fraction of sp³-hybridized carbons (Fsp3) is 0.484. The maximum atomic E-state index is 15.1. The van der Waals surface area contributed by atoms with Gasteiger partial charge in [0.05, 0.1) is 43.6 Å². The van der Waals surface area contributed by atoms with Crippen LogP contribution in [0.5, 0.6) is 11.6 Å². The number of amides is 1. The van der Waals surface area contributed by atoms with Crippen LogP contribution >= 0.6 is 0 Å². The molecule has 3 aliphatic rings. The molecule has 0 saturated carbocycles. The number of carbonyl (C=O) groups excluding carboxylic acids is 1. The van der Waals surface area contributed by atoms with E-state index in [9.17, 15) is 15.3 Å². The molecule has 5 rings (SSSR count). The van der Waals surface area contributed by atoms with Gasteiger partial charge in [-0.15, -0.1) is 0 Å². The second kappa shape index (κ2) is 12.7. The fourth-order valence-electron chi connectivity index (χ4n) is 6.36. The molecule has 0 radical (unpaired) electrons. The van der Waals surface area contributed by atoms with Crippen molar-refractivity contribution in [2.75, 3.05) is 63.3 Å². The van der Waals surface area contributed by atoms with E-state index in [0.29, 0.717) is 68.4 Å². The highest BCUT2D eigenvalue weighted by Crippen LogP contribution is 2.40. The molecular formula is C31H36FN7O3. The van der Waals surface area contributed by atoms with Crippen LogP contribution in [-0.2, 0) is 17.8 Å². The summed E-state index contributed by atoms with van der Waals surface area (Å²) in [7, 11) is 3.59. The van der Waals surface area contributed by atoms with Gasteiger partial charge in [0.15, 0.2) is 0 Å². The molecule has 42 heavy (non-hydrogen) atoms. The zero-order valence-corrected chi connectivity index (χ0v) is 24.2. The number of para-hydroxylation sites is 1. The van der Waals surface area contributed by atoms with Crippen LogP contribution in [0.4, 0.5) is 15.8 Å². The zero-order valence-electron chi connectivity index (χ0n) is 24.2. The largest absolute Gasteiger partial charge is 0.494 e. The molecule has 0 aliphatic carbocycles. The lowest BCUT2D eigenvalue weighted by Gasteiger charge is -2.43. The van der Waals surface area contributed by atoms with Crippen LogP contribution in [0.15, 0.2) is 30.9 Å². The van der Waals surface area contributed by atoms with E-state index in [2.05, 4.69) is 35.6 Å². The van der Waals surface area contributed by atoms with E-state index in [1.54, 1.807) is 17.0 Å². The van der Waals surface area contributed by atoms with Crippen molar-refractivity contribution in [3.63, 3.8) is 0 Å². The van der Waals surface area contributed by atoms with Gasteiger partial charge in [0, 0.05) is 37.8 Å². The molecule has 2 fully saturated rings. The third-order valence-electron chi connectivity index (χ3n) is 8.56. The minimum absolute atomic E-state index is 0.156. The first-order chi connectivity index (χ1) is 20.4. The fourth-order valence-corrected chi connectivity index (χ4v) is 6.36. The van der Waals surface area contributed by atoms with Crippen LogP contribution in [0, 0.1) is 28.5 Å². The third-order valence-corrected chi connectivity index (χ3v) is 8.56. The Hall–Kier alpha value is -4.35. The smallest absolute Gasteiger partial charge is 0.246 e. The summed E-state index contributed by atoms with van der Waals surface area (Å²) in [6.45, 7) is 7.06. The van der Waals surface area contributed by atoms with Gasteiger partial charge in [-0.3, -0.25) is 4.79 Å². The van der Waals surface area contributed by atoms with Crippen LogP contribution in [-0.4, -0.2) is 86.3 Å². The number of piperazine rings is 1. The van der Waals surface area contributed by atoms with Crippen molar-refractivity contribution >= 4 is 17.3 Å². The zero-order chi connectivity index (χ0) is 29.8. The molecule has 220 valence electrons. The lowest BCUT2D eigenvalue weighted by atomic mass is 9.96. The average molecular weight is 574 g/mol. The number of anilines is 2. The number of nitriles is 2. The van der Waals surface area contributed by atoms with Crippen molar-refractivity contribution in [2.45, 2.75) is 44.3 Å². The molecule has 1 aromatic heterocycles. The number of likely N-dealkylation sites (tertiary alicyclic amines) is 1. The van der Waals surface area contributed by atoms with Crippen molar-refractivity contribution < 1.29 is 18.7 Å². The van der Waals surface area contributed by atoms with E-state index in [0.717, 1.165) is 30.6 Å². The second-order valence-corrected chi connectivity index (χ2v) is 10.9. The Labute approximate surface area is 246 Å². The summed E-state index contributed by atoms with van der Waals surface area (Å²) in [5, 5.41) is 20.0. The molecule has 2 saturated heterocycles. The predicted octanol–water partition coefficient (Wildman–Crippen LogP) is 3.25. The number of nitrogens with zero attached hydrogens (tertiary/aromatic N) is 7. The molecule has 4 heterocycles. The molecule has 2 atom stereocenters. The number of pyridine rings is 1. The van der Waals surface area contributed by atoms with E-state index in [1.165, 1.54) is 19.3 Å². The van der Waals surface area contributed by atoms with E-state index in [-0.39, 0.29) is 36.1 Å². The SMILES string of the molecule is C=CC(=O)N1CCN(c2c(C#N)c(OCC3CCCN3C)nc3c2CCN(c2c(F)cccc2OC)C3)CC1CC#N. The van der Waals surface area contributed by atoms with Gasteiger partial charge in [-0.05, 0) is 51.1 Å². The molecule has 10 nitrogen and oxygen atoms in total. The molecule has 3 aliphatic heterocycles. The molecule has 0 bridgehead atoms. The van der Waals surface area contributed by atoms with Gasteiger partial charge in [0.2, 0.25) is 11.8 Å². The van der Waals surface area contributed by atoms with Crippen molar-refractivity contribution in [3.05, 3.63) is 53.5 Å². The summed E-state index contributed by atoms with van der Waals surface area (Å²) in [5.41, 5.74) is 3.06. The van der Waals surface area contributed by atoms with Gasteiger partial charge in [-0.2, -0.15) is 10.5 Å². The Morgan fingerprint density at radius 2 is 2.02 bits per heavy atom. The van der Waals surface area contributed by atoms with Crippen LogP contribution in [0.1, 0.15) is 36.1 Å². The number of hydrogen-bond acceptors (Lipinski definition) is 9. The van der Waals surface area contributed by atoms with Crippen molar-refractivity contribution in [3.8, 4) is 23.8 Å². The molecule has 0 spiro atoms. The summed E-state index contributed by atoms with van der Waals surface area (Å²) in [6.07, 6.45) is 4.04. The van der Waals surface area contributed by atoms with Gasteiger partial charge in [0.25, 0.3) is 0 Å². The number of ether oxygens (including phenoxy) is 2.